The molecule has 30 heavy (non-hydrogen) atoms. The van der Waals surface area contributed by atoms with Crippen molar-refractivity contribution in [3.63, 3.8) is 0 Å². The third-order valence-electron chi connectivity index (χ3n) is 4.43. The highest BCUT2D eigenvalue weighted by molar-refractivity contribution is 6.32. The van der Waals surface area contributed by atoms with Gasteiger partial charge < -0.3 is 15.4 Å². The summed E-state index contributed by atoms with van der Waals surface area (Å²) in [4.78, 5) is 38.0. The molecule has 0 bridgehead atoms. The topological polar surface area (TPSA) is 87.7 Å². The molecule has 2 N–H and O–H groups in total. The van der Waals surface area contributed by atoms with Gasteiger partial charge in [-0.15, -0.1) is 0 Å². The molecule has 3 rings (SSSR count). The number of rotatable bonds is 6. The molecule has 0 aromatic heterocycles. The van der Waals surface area contributed by atoms with Crippen molar-refractivity contribution in [1.29, 1.82) is 0 Å². The number of alkyl halides is 2. The second-order valence-electron chi connectivity index (χ2n) is 6.53. The highest BCUT2D eigenvalue weighted by Gasteiger charge is 2.49. The molecule has 0 radical (unpaired) electrons. The first kappa shape index (κ1) is 21.4. The summed E-state index contributed by atoms with van der Waals surface area (Å²) in [6, 6.07) is 7.84. The van der Waals surface area contributed by atoms with Gasteiger partial charge in [0.25, 0.3) is 5.91 Å². The van der Waals surface area contributed by atoms with E-state index in [0.717, 1.165) is 18.2 Å². The number of carbonyl (C=O) groups is 3. The number of ether oxygens (including phenoxy) is 1. The number of hydrogen-bond donors (Lipinski definition) is 2. The molecular weight excluding hydrogens is 427 g/mol. The Bertz CT molecular complexity index is 1000. The molecular formula is C19H15ClF3N3O4. The molecule has 0 saturated carbocycles. The molecule has 2 aromatic rings. The molecule has 1 aliphatic rings. The van der Waals surface area contributed by atoms with E-state index >= 15 is 0 Å². The van der Waals surface area contributed by atoms with Crippen molar-refractivity contribution in [3.05, 3.63) is 58.9 Å². The first-order valence-electron chi connectivity index (χ1n) is 8.54. The summed E-state index contributed by atoms with van der Waals surface area (Å²) in [5.41, 5.74) is -0.950. The lowest BCUT2D eigenvalue weighted by Gasteiger charge is -2.22. The van der Waals surface area contributed by atoms with E-state index in [9.17, 15) is 27.6 Å². The smallest absolute Gasteiger partial charge is 0.387 e. The Morgan fingerprint density at radius 1 is 1.23 bits per heavy atom. The molecule has 7 nitrogen and oxygen atoms in total. The molecule has 1 fully saturated rings. The Hall–Kier alpha value is -3.27. The number of nitrogens with one attached hydrogen (secondary N) is 2. The van der Waals surface area contributed by atoms with Gasteiger partial charge in [-0.3, -0.25) is 14.5 Å². The van der Waals surface area contributed by atoms with Crippen molar-refractivity contribution in [2.24, 2.45) is 0 Å². The molecule has 11 heteroatoms. The third kappa shape index (κ3) is 4.33. The predicted octanol–water partition coefficient (Wildman–Crippen LogP) is 3.49. The standard InChI is InChI=1S/C19H15ClF3N3O4/c1-19(10-2-4-11(21)5-3-10)16(28)26(18(29)25-19)9-15(27)24-12-6-7-14(13(20)8-12)30-17(22)23/h2-8,17H,9H2,1H3,(H,24,27)(H,25,29). The predicted molar refractivity (Wildman–Crippen MR) is 101 cm³/mol. The van der Waals surface area contributed by atoms with Gasteiger partial charge in [0.15, 0.2) is 0 Å². The summed E-state index contributed by atoms with van der Waals surface area (Å²) in [5, 5.41) is 4.75. The lowest BCUT2D eigenvalue weighted by Crippen LogP contribution is -2.42. The zero-order chi connectivity index (χ0) is 22.1. The lowest BCUT2D eigenvalue weighted by atomic mass is 9.92. The summed E-state index contributed by atoms with van der Waals surface area (Å²) in [6.45, 7) is -2.22. The summed E-state index contributed by atoms with van der Waals surface area (Å²) in [5.74, 6) is -2.18. The van der Waals surface area contributed by atoms with Crippen LogP contribution in [0.4, 0.5) is 23.7 Å². The van der Waals surface area contributed by atoms with Gasteiger partial charge in [-0.05, 0) is 42.8 Å². The molecule has 4 amide bonds. The molecule has 1 aliphatic heterocycles. The normalized spacial score (nSPS) is 18.5. The minimum absolute atomic E-state index is 0.153. The van der Waals surface area contributed by atoms with Crippen LogP contribution in [0.5, 0.6) is 5.75 Å². The number of hydrogen-bond acceptors (Lipinski definition) is 4. The molecule has 1 heterocycles. The van der Waals surface area contributed by atoms with Crippen molar-refractivity contribution >= 4 is 35.1 Å². The number of benzene rings is 2. The van der Waals surface area contributed by atoms with Crippen LogP contribution in [0.15, 0.2) is 42.5 Å². The van der Waals surface area contributed by atoms with E-state index in [4.69, 9.17) is 11.6 Å². The molecule has 2 aromatic carbocycles. The van der Waals surface area contributed by atoms with Crippen molar-refractivity contribution in [3.8, 4) is 5.75 Å². The molecule has 1 unspecified atom stereocenters. The largest absolute Gasteiger partial charge is 0.433 e. The van der Waals surface area contributed by atoms with E-state index in [-0.39, 0.29) is 16.5 Å². The third-order valence-corrected chi connectivity index (χ3v) is 4.73. The van der Waals surface area contributed by atoms with Crippen LogP contribution < -0.4 is 15.4 Å². The fourth-order valence-electron chi connectivity index (χ4n) is 2.93. The van der Waals surface area contributed by atoms with Crippen LogP contribution in [0, 0.1) is 5.82 Å². The molecule has 0 aliphatic carbocycles. The quantitative estimate of drug-likeness (QED) is 0.672. The van der Waals surface area contributed by atoms with Crippen LogP contribution in [0.25, 0.3) is 0 Å². The number of carbonyl (C=O) groups excluding carboxylic acids is 3. The SMILES string of the molecule is CC1(c2ccc(F)cc2)NC(=O)N(CC(=O)Nc2ccc(OC(F)F)c(Cl)c2)C1=O. The van der Waals surface area contributed by atoms with Gasteiger partial charge >= 0.3 is 12.6 Å². The first-order valence-corrected chi connectivity index (χ1v) is 8.92. The lowest BCUT2D eigenvalue weighted by molar-refractivity contribution is -0.133. The zero-order valence-electron chi connectivity index (χ0n) is 15.4. The number of imide groups is 1. The maximum atomic E-state index is 13.2. The maximum Gasteiger partial charge on any atom is 0.387 e. The minimum Gasteiger partial charge on any atom is -0.433 e. The van der Waals surface area contributed by atoms with Crippen LogP contribution in [-0.2, 0) is 15.1 Å². The zero-order valence-corrected chi connectivity index (χ0v) is 16.2. The van der Waals surface area contributed by atoms with E-state index in [0.29, 0.717) is 10.5 Å². The Labute approximate surface area is 173 Å². The highest BCUT2D eigenvalue weighted by Crippen LogP contribution is 2.30. The van der Waals surface area contributed by atoms with Crippen LogP contribution in [0.2, 0.25) is 5.02 Å². The van der Waals surface area contributed by atoms with Crippen molar-refractivity contribution < 1.29 is 32.3 Å². The molecule has 1 atom stereocenters. The van der Waals surface area contributed by atoms with Gasteiger partial charge in [0.2, 0.25) is 5.91 Å². The minimum atomic E-state index is -3.06. The molecule has 1 saturated heterocycles. The summed E-state index contributed by atoms with van der Waals surface area (Å²) >= 11 is 5.82. The van der Waals surface area contributed by atoms with Gasteiger partial charge in [-0.25, -0.2) is 9.18 Å². The van der Waals surface area contributed by atoms with Gasteiger partial charge in [0.1, 0.15) is 23.7 Å². The van der Waals surface area contributed by atoms with E-state index in [1.165, 1.54) is 31.2 Å². The second kappa shape index (κ2) is 8.23. The van der Waals surface area contributed by atoms with E-state index in [2.05, 4.69) is 15.4 Å². The number of nitrogens with zero attached hydrogens (tertiary/aromatic N) is 1. The van der Waals surface area contributed by atoms with Gasteiger partial charge in [0.05, 0.1) is 5.02 Å². The average molecular weight is 442 g/mol. The van der Waals surface area contributed by atoms with E-state index < -0.39 is 42.4 Å². The average Bonchev–Trinajstić information content (AvgIpc) is 2.88. The summed E-state index contributed by atoms with van der Waals surface area (Å²) in [7, 11) is 0. The number of amides is 4. The van der Waals surface area contributed by atoms with Crippen LogP contribution in [0.1, 0.15) is 12.5 Å². The number of halogens is 4. The van der Waals surface area contributed by atoms with Crippen LogP contribution in [0.3, 0.4) is 0 Å². The fraction of sp³-hybridized carbons (Fsp3) is 0.211. The number of anilines is 1. The van der Waals surface area contributed by atoms with E-state index in [1.807, 2.05) is 0 Å². The first-order chi connectivity index (χ1) is 14.1. The summed E-state index contributed by atoms with van der Waals surface area (Å²) in [6.07, 6.45) is 0. The fourth-order valence-corrected chi connectivity index (χ4v) is 3.16. The molecule has 158 valence electrons. The Morgan fingerprint density at radius 3 is 2.50 bits per heavy atom. The van der Waals surface area contributed by atoms with Crippen molar-refractivity contribution in [2.75, 3.05) is 11.9 Å². The summed E-state index contributed by atoms with van der Waals surface area (Å²) < 4.78 is 41.9. The van der Waals surface area contributed by atoms with Crippen LogP contribution in [-0.4, -0.2) is 35.9 Å². The molecule has 0 spiro atoms. The highest BCUT2D eigenvalue weighted by atomic mass is 35.5. The maximum absolute atomic E-state index is 13.2. The van der Waals surface area contributed by atoms with E-state index in [1.54, 1.807) is 0 Å². The Kier molecular flexibility index (Phi) is 5.88. The second-order valence-corrected chi connectivity index (χ2v) is 6.93. The Balaban J connectivity index is 1.69. The monoisotopic (exact) mass is 441 g/mol. The van der Waals surface area contributed by atoms with Crippen LogP contribution >= 0.6 is 11.6 Å². The van der Waals surface area contributed by atoms with Crippen molar-refractivity contribution in [1.82, 2.24) is 10.2 Å². The van der Waals surface area contributed by atoms with Crippen molar-refractivity contribution in [2.45, 2.75) is 19.1 Å². The Morgan fingerprint density at radius 2 is 1.90 bits per heavy atom. The van der Waals surface area contributed by atoms with Gasteiger partial charge in [-0.2, -0.15) is 8.78 Å². The number of urea groups is 1. The van der Waals surface area contributed by atoms with Gasteiger partial charge in [0, 0.05) is 5.69 Å². The van der Waals surface area contributed by atoms with Gasteiger partial charge in [-0.1, -0.05) is 23.7 Å².